The molecule has 4 aromatic carbocycles. The van der Waals surface area contributed by atoms with Crippen LogP contribution in [0.4, 0.5) is 10.3 Å². The number of aromatic nitrogens is 4. The lowest BCUT2D eigenvalue weighted by atomic mass is 10.0. The Morgan fingerprint density at radius 3 is 1.70 bits per heavy atom. The number of fused-ring (bicyclic) bond motifs is 2. The normalized spacial score (nSPS) is 10.5. The highest BCUT2D eigenvalue weighted by atomic mass is 19.1. The summed E-state index contributed by atoms with van der Waals surface area (Å²) in [5.74, 6) is 0.0237. The zero-order chi connectivity index (χ0) is 30.3. The van der Waals surface area contributed by atoms with Crippen LogP contribution >= 0.6 is 0 Å². The second-order valence-electron chi connectivity index (χ2n) is 8.82. The Balaban J connectivity index is 0.000000171. The van der Waals surface area contributed by atoms with Gasteiger partial charge in [0.1, 0.15) is 11.5 Å². The summed E-state index contributed by atoms with van der Waals surface area (Å²) in [6.07, 6.45) is 1.97. The molecule has 2 aromatic heterocycles. The van der Waals surface area contributed by atoms with Gasteiger partial charge in [-0.15, -0.1) is 0 Å². The first-order valence-corrected chi connectivity index (χ1v) is 12.7. The molecule has 214 valence electrons. The van der Waals surface area contributed by atoms with Crippen LogP contribution in [-0.2, 0) is 0 Å². The maximum atomic E-state index is 12.9. The van der Waals surface area contributed by atoms with Crippen molar-refractivity contribution < 1.29 is 33.7 Å². The van der Waals surface area contributed by atoms with Crippen LogP contribution in [0.2, 0.25) is 0 Å². The van der Waals surface area contributed by atoms with Gasteiger partial charge in [-0.1, -0.05) is 24.3 Å². The summed E-state index contributed by atoms with van der Waals surface area (Å²) in [7, 11) is 1.72. The van der Waals surface area contributed by atoms with E-state index in [9.17, 15) is 19.1 Å². The maximum absolute atomic E-state index is 12.9. The van der Waals surface area contributed by atoms with E-state index >= 15 is 0 Å². The summed E-state index contributed by atoms with van der Waals surface area (Å²) in [6, 6.07) is 23.3. The van der Waals surface area contributed by atoms with Crippen molar-refractivity contribution in [3.63, 3.8) is 0 Å². The summed E-state index contributed by atoms with van der Waals surface area (Å²) < 4.78 is 24.0. The molecule has 0 fully saturated rings. The van der Waals surface area contributed by atoms with Gasteiger partial charge in [-0.3, -0.25) is 0 Å². The third-order valence-corrected chi connectivity index (χ3v) is 6.06. The number of carbonyl (C=O) groups is 2. The lowest BCUT2D eigenvalue weighted by Gasteiger charge is -2.08. The summed E-state index contributed by atoms with van der Waals surface area (Å²) in [6.45, 7) is 0. The molecule has 0 radical (unpaired) electrons. The predicted molar refractivity (Wildman–Crippen MR) is 156 cm³/mol. The van der Waals surface area contributed by atoms with Crippen molar-refractivity contribution in [1.82, 2.24) is 19.9 Å². The molecule has 3 N–H and O–H groups in total. The van der Waals surface area contributed by atoms with Crippen molar-refractivity contribution in [1.29, 1.82) is 0 Å². The van der Waals surface area contributed by atoms with Crippen LogP contribution < -0.4 is 14.8 Å². The molecule has 12 heteroatoms. The number of nitrogens with one attached hydrogen (secondary N) is 1. The van der Waals surface area contributed by atoms with Crippen LogP contribution in [0.3, 0.4) is 0 Å². The Morgan fingerprint density at radius 1 is 0.698 bits per heavy atom. The molecule has 0 amide bonds. The zero-order valence-electron chi connectivity index (χ0n) is 22.4. The van der Waals surface area contributed by atoms with Gasteiger partial charge in [0.25, 0.3) is 0 Å². The number of ether oxygens (including phenoxy) is 2. The Morgan fingerprint density at radius 2 is 1.21 bits per heavy atom. The monoisotopic (exact) mass is 579 g/mol. The maximum Gasteiger partial charge on any atom is 0.336 e. The minimum atomic E-state index is -0.993. The van der Waals surface area contributed by atoms with E-state index in [1.54, 1.807) is 80.0 Å². The molecular weight excluding hydrogens is 557 g/mol. The molecule has 0 aliphatic carbocycles. The van der Waals surface area contributed by atoms with Gasteiger partial charge in [0.05, 0.1) is 11.1 Å². The summed E-state index contributed by atoms with van der Waals surface area (Å²) in [4.78, 5) is 37.4. The number of hydrogen-bond acceptors (Lipinski definition) is 9. The van der Waals surface area contributed by atoms with E-state index in [4.69, 9.17) is 14.6 Å². The average molecular weight is 580 g/mol. The van der Waals surface area contributed by atoms with Gasteiger partial charge in [0, 0.05) is 31.6 Å². The van der Waals surface area contributed by atoms with Crippen molar-refractivity contribution in [3.8, 4) is 23.3 Å². The molecule has 6 aromatic rings. The third-order valence-electron chi connectivity index (χ3n) is 6.06. The van der Waals surface area contributed by atoms with Gasteiger partial charge in [-0.25, -0.2) is 19.6 Å². The fourth-order valence-corrected chi connectivity index (χ4v) is 4.16. The molecule has 43 heavy (non-hydrogen) atoms. The Kier molecular flexibility index (Phi) is 8.28. The molecule has 0 bridgehead atoms. The van der Waals surface area contributed by atoms with Crippen molar-refractivity contribution >= 4 is 39.4 Å². The summed E-state index contributed by atoms with van der Waals surface area (Å²) in [5, 5.41) is 23.9. The molecule has 6 rings (SSSR count). The van der Waals surface area contributed by atoms with E-state index in [-0.39, 0.29) is 17.0 Å². The largest absolute Gasteiger partial charge is 0.478 e. The van der Waals surface area contributed by atoms with Crippen LogP contribution in [0.5, 0.6) is 23.3 Å². The van der Waals surface area contributed by atoms with Gasteiger partial charge in [0.2, 0.25) is 17.7 Å². The van der Waals surface area contributed by atoms with Crippen molar-refractivity contribution in [3.05, 3.63) is 115 Å². The van der Waals surface area contributed by atoms with Gasteiger partial charge in [-0.05, 0) is 70.1 Å². The molecule has 0 saturated heterocycles. The molecule has 11 nitrogen and oxygen atoms in total. The van der Waals surface area contributed by atoms with Crippen molar-refractivity contribution in [2.45, 2.75) is 0 Å². The smallest absolute Gasteiger partial charge is 0.336 e. The van der Waals surface area contributed by atoms with Crippen LogP contribution in [0.15, 0.2) is 97.3 Å². The fraction of sp³-hybridized carbons (Fsp3) is 0.0323. The standard InChI is InChI=1S/C16H13N3O3.C15H9FN2O3/c1-17-16-18-8-7-14(19-16)22-11-5-6-12-10(9-11)3-2-4-13(12)15(20)21;16-15-17-7-6-13(18-15)21-10-4-5-11-9(8-10)2-1-3-12(11)14(19)20/h2-9H,1H3,(H,20,21)(H,17,18,19);1-8H,(H,19,20). The number of aromatic carboxylic acids is 2. The van der Waals surface area contributed by atoms with Crippen molar-refractivity contribution in [2.75, 3.05) is 12.4 Å². The third kappa shape index (κ3) is 6.77. The van der Waals surface area contributed by atoms with Crippen LogP contribution in [0, 0.1) is 6.08 Å². The first kappa shape index (κ1) is 28.4. The molecule has 0 spiro atoms. The number of carboxylic acid groups (broad SMARTS) is 2. The molecule has 0 unspecified atom stereocenters. The second-order valence-corrected chi connectivity index (χ2v) is 8.82. The first-order chi connectivity index (χ1) is 20.8. The first-order valence-electron chi connectivity index (χ1n) is 12.7. The Hall–Kier alpha value is -6.17. The lowest BCUT2D eigenvalue weighted by molar-refractivity contribution is 0.0688. The molecule has 0 aliphatic heterocycles. The SMILES string of the molecule is CNc1nccc(Oc2ccc3c(C(=O)O)cccc3c2)n1.O=C(O)c1cccc2cc(Oc3ccnc(F)n3)ccc12. The predicted octanol–water partition coefficient (Wildman–Crippen LogP) is 6.42. The highest BCUT2D eigenvalue weighted by Crippen LogP contribution is 2.28. The minimum absolute atomic E-state index is 0.0799. The lowest BCUT2D eigenvalue weighted by Crippen LogP contribution is -1.98. The number of halogens is 1. The van der Waals surface area contributed by atoms with Crippen molar-refractivity contribution in [2.24, 2.45) is 0 Å². The number of rotatable bonds is 7. The van der Waals surface area contributed by atoms with Gasteiger partial charge in [-0.2, -0.15) is 14.4 Å². The number of nitrogens with zero attached hydrogens (tertiary/aromatic N) is 4. The number of anilines is 1. The Labute approximate surface area is 243 Å². The van der Waals surface area contributed by atoms with E-state index in [2.05, 4.69) is 25.3 Å². The average Bonchev–Trinajstić information content (AvgIpc) is 3.00. The second kappa shape index (κ2) is 12.6. The van der Waals surface area contributed by atoms with Gasteiger partial charge >= 0.3 is 18.0 Å². The Bertz CT molecular complexity index is 1970. The quantitative estimate of drug-likeness (QED) is 0.179. The molecule has 0 aliphatic rings. The number of benzene rings is 4. The molecular formula is C31H22FN5O6. The zero-order valence-corrected chi connectivity index (χ0v) is 22.4. The van der Waals surface area contributed by atoms with Gasteiger partial charge in [0.15, 0.2) is 0 Å². The molecule has 0 atom stereocenters. The summed E-state index contributed by atoms with van der Waals surface area (Å²) >= 11 is 0. The highest BCUT2D eigenvalue weighted by Gasteiger charge is 2.10. The fourth-order valence-electron chi connectivity index (χ4n) is 4.16. The summed E-state index contributed by atoms with van der Waals surface area (Å²) in [5.41, 5.74) is 0.482. The van der Waals surface area contributed by atoms with E-state index < -0.39 is 18.0 Å². The van der Waals surface area contributed by atoms with Crippen LogP contribution in [-0.4, -0.2) is 49.1 Å². The topological polar surface area (TPSA) is 157 Å². The number of carboxylic acids is 2. The van der Waals surface area contributed by atoms with E-state index in [0.717, 1.165) is 5.39 Å². The highest BCUT2D eigenvalue weighted by molar-refractivity contribution is 6.04. The van der Waals surface area contributed by atoms with Crippen LogP contribution in [0.25, 0.3) is 21.5 Å². The van der Waals surface area contributed by atoms with E-state index in [1.165, 1.54) is 18.3 Å². The minimum Gasteiger partial charge on any atom is -0.478 e. The number of hydrogen-bond donors (Lipinski definition) is 3. The molecule has 2 heterocycles. The van der Waals surface area contributed by atoms with Crippen LogP contribution in [0.1, 0.15) is 20.7 Å². The van der Waals surface area contributed by atoms with E-state index in [1.807, 2.05) is 6.07 Å². The van der Waals surface area contributed by atoms with E-state index in [0.29, 0.717) is 39.5 Å². The van der Waals surface area contributed by atoms with Gasteiger partial charge < -0.3 is 25.0 Å². The molecule has 0 saturated carbocycles.